The van der Waals surface area contributed by atoms with Crippen molar-refractivity contribution in [2.24, 2.45) is 0 Å². The molecule has 1 aromatic carbocycles. The van der Waals surface area contributed by atoms with E-state index in [9.17, 15) is 14.9 Å². The van der Waals surface area contributed by atoms with Crippen LogP contribution < -0.4 is 5.32 Å². The van der Waals surface area contributed by atoms with Crippen LogP contribution in [0.4, 0.5) is 10.5 Å². The van der Waals surface area contributed by atoms with Gasteiger partial charge in [-0.2, -0.15) is 0 Å². The quantitative estimate of drug-likeness (QED) is 0.413. The molecule has 0 unspecified atom stereocenters. The zero-order valence-electron chi connectivity index (χ0n) is 16.7. The lowest BCUT2D eigenvalue weighted by Gasteiger charge is -2.43. The van der Waals surface area contributed by atoms with Gasteiger partial charge < -0.3 is 10.1 Å². The van der Waals surface area contributed by atoms with Crippen LogP contribution >= 0.6 is 11.6 Å². The number of pyridine rings is 1. The number of hydrogen-bond donors (Lipinski definition) is 1. The van der Waals surface area contributed by atoms with E-state index < -0.39 is 22.2 Å². The summed E-state index contributed by atoms with van der Waals surface area (Å²) >= 11 is 5.91. The summed E-state index contributed by atoms with van der Waals surface area (Å²) in [7, 11) is 0. The number of aromatic nitrogens is 1. The van der Waals surface area contributed by atoms with Crippen LogP contribution in [0.1, 0.15) is 56.9 Å². The van der Waals surface area contributed by atoms with Crippen molar-refractivity contribution < 1.29 is 14.5 Å². The zero-order chi connectivity index (χ0) is 21.2. The highest BCUT2D eigenvalue weighted by Crippen LogP contribution is 2.41. The summed E-state index contributed by atoms with van der Waals surface area (Å²) in [6.07, 6.45) is 2.57. The Morgan fingerprint density at radius 3 is 2.41 bits per heavy atom. The molecule has 29 heavy (non-hydrogen) atoms. The molecule has 0 bridgehead atoms. The number of carbonyl (C=O) groups excluding carboxylic acids is 1. The van der Waals surface area contributed by atoms with Gasteiger partial charge >= 0.3 is 6.09 Å². The fraction of sp³-hybridized carbons (Fsp3) is 0.429. The van der Waals surface area contributed by atoms with Gasteiger partial charge in [-0.25, -0.2) is 9.78 Å². The van der Waals surface area contributed by atoms with Gasteiger partial charge in [-0.15, -0.1) is 0 Å². The maximum Gasteiger partial charge on any atom is 0.408 e. The maximum atomic E-state index is 12.3. The van der Waals surface area contributed by atoms with Crippen molar-refractivity contribution in [2.45, 2.75) is 57.6 Å². The first-order valence-electron chi connectivity index (χ1n) is 9.48. The summed E-state index contributed by atoms with van der Waals surface area (Å²) < 4.78 is 5.41. The molecule has 0 atom stereocenters. The second-order valence-electron chi connectivity index (χ2n) is 8.29. The maximum absolute atomic E-state index is 12.3. The number of amides is 1. The molecule has 1 fully saturated rings. The minimum atomic E-state index is -0.558. The van der Waals surface area contributed by atoms with E-state index >= 15 is 0 Å². The Morgan fingerprint density at radius 2 is 1.90 bits per heavy atom. The summed E-state index contributed by atoms with van der Waals surface area (Å²) in [6, 6.07) is 10.5. The van der Waals surface area contributed by atoms with Crippen molar-refractivity contribution in [3.05, 3.63) is 68.5 Å². The van der Waals surface area contributed by atoms with Gasteiger partial charge in [0.05, 0.1) is 10.5 Å². The number of nitrogens with one attached hydrogen (secondary N) is 1. The third-order valence-corrected chi connectivity index (χ3v) is 5.15. The van der Waals surface area contributed by atoms with Gasteiger partial charge in [0.2, 0.25) is 0 Å². The number of nitrogens with zero attached hydrogens (tertiary/aromatic N) is 2. The monoisotopic (exact) mass is 417 g/mol. The lowest BCUT2D eigenvalue weighted by molar-refractivity contribution is -0.385. The molecule has 0 radical (unpaired) electrons. The van der Waals surface area contributed by atoms with E-state index in [2.05, 4.69) is 10.3 Å². The first-order valence-corrected chi connectivity index (χ1v) is 9.86. The number of halogens is 1. The molecule has 0 saturated heterocycles. The van der Waals surface area contributed by atoms with Crippen LogP contribution in [-0.2, 0) is 16.7 Å². The summed E-state index contributed by atoms with van der Waals surface area (Å²) in [5.41, 5.74) is 1.14. The molecule has 1 aromatic heterocycles. The Hall–Kier alpha value is -2.67. The van der Waals surface area contributed by atoms with Crippen molar-refractivity contribution in [3.63, 3.8) is 0 Å². The van der Waals surface area contributed by atoms with E-state index in [0.29, 0.717) is 12.1 Å². The van der Waals surface area contributed by atoms with E-state index in [1.54, 1.807) is 0 Å². The van der Waals surface area contributed by atoms with Crippen molar-refractivity contribution in [3.8, 4) is 0 Å². The summed E-state index contributed by atoms with van der Waals surface area (Å²) in [6.45, 7) is 5.49. The summed E-state index contributed by atoms with van der Waals surface area (Å²) in [4.78, 5) is 27.1. The van der Waals surface area contributed by atoms with Crippen LogP contribution in [0.5, 0.6) is 0 Å². The van der Waals surface area contributed by atoms with Crippen molar-refractivity contribution in [1.29, 1.82) is 0 Å². The number of carbonyl (C=O) groups is 1. The lowest BCUT2D eigenvalue weighted by atomic mass is 9.71. The molecule has 7 nitrogen and oxygen atoms in total. The van der Waals surface area contributed by atoms with Crippen LogP contribution in [0.3, 0.4) is 0 Å². The smallest absolute Gasteiger partial charge is 0.408 e. The van der Waals surface area contributed by atoms with Gasteiger partial charge in [0.25, 0.3) is 5.69 Å². The average Bonchev–Trinajstić information content (AvgIpc) is 2.57. The standard InChI is InChI=1S/C21H24ClN3O4/c1-20(2,3)29-19(26)24-21(11-4-12-21)15-7-5-14(6-8-15)13-16-17(25(27)28)9-10-18(22)23-16/h5-10H,4,11-13H2,1-3H3,(H,24,26). The normalized spacial score (nSPS) is 15.3. The summed E-state index contributed by atoms with van der Waals surface area (Å²) in [5, 5.41) is 14.5. The number of rotatable bonds is 5. The van der Waals surface area contributed by atoms with E-state index in [0.717, 1.165) is 30.4 Å². The van der Waals surface area contributed by atoms with Crippen molar-refractivity contribution in [2.75, 3.05) is 0 Å². The Bertz CT molecular complexity index is 919. The molecule has 0 spiro atoms. The minimum Gasteiger partial charge on any atom is -0.444 e. The first-order chi connectivity index (χ1) is 13.6. The number of alkyl carbamates (subject to hydrolysis) is 1. The molecule has 154 valence electrons. The van der Waals surface area contributed by atoms with Crippen LogP contribution in [0, 0.1) is 10.1 Å². The predicted octanol–water partition coefficient (Wildman–Crippen LogP) is 5.14. The molecular formula is C21H24ClN3O4. The molecule has 1 aliphatic rings. The average molecular weight is 418 g/mol. The molecular weight excluding hydrogens is 394 g/mol. The van der Waals surface area contributed by atoms with E-state index in [4.69, 9.17) is 16.3 Å². The SMILES string of the molecule is CC(C)(C)OC(=O)NC1(c2ccc(Cc3nc(Cl)ccc3[N+](=O)[O-])cc2)CCC1. The minimum absolute atomic E-state index is 0.0551. The van der Waals surface area contributed by atoms with Gasteiger partial charge in [0.15, 0.2) is 0 Å². The molecule has 2 aromatic rings. The van der Waals surface area contributed by atoms with Gasteiger partial charge in [0, 0.05) is 12.5 Å². The van der Waals surface area contributed by atoms with Gasteiger partial charge in [0.1, 0.15) is 16.4 Å². The van der Waals surface area contributed by atoms with Crippen LogP contribution in [0.25, 0.3) is 0 Å². The van der Waals surface area contributed by atoms with Gasteiger partial charge in [-0.1, -0.05) is 35.9 Å². The molecule has 3 rings (SSSR count). The lowest BCUT2D eigenvalue weighted by Crippen LogP contribution is -2.52. The fourth-order valence-corrected chi connectivity index (χ4v) is 3.58. The fourth-order valence-electron chi connectivity index (χ4n) is 3.41. The van der Waals surface area contributed by atoms with E-state index in [-0.39, 0.29) is 10.8 Å². The number of nitro groups is 1. The van der Waals surface area contributed by atoms with Crippen LogP contribution in [0.2, 0.25) is 5.15 Å². The molecule has 1 N–H and O–H groups in total. The third-order valence-electron chi connectivity index (χ3n) is 4.94. The highest BCUT2D eigenvalue weighted by Gasteiger charge is 2.41. The van der Waals surface area contributed by atoms with Crippen molar-refractivity contribution in [1.82, 2.24) is 10.3 Å². The largest absolute Gasteiger partial charge is 0.444 e. The van der Waals surface area contributed by atoms with Crippen molar-refractivity contribution >= 4 is 23.4 Å². The Balaban J connectivity index is 1.77. The van der Waals surface area contributed by atoms with Crippen LogP contribution in [-0.4, -0.2) is 21.6 Å². The zero-order valence-corrected chi connectivity index (χ0v) is 17.5. The number of hydrogen-bond acceptors (Lipinski definition) is 5. The molecule has 0 aliphatic heterocycles. The molecule has 1 amide bonds. The second kappa shape index (κ2) is 7.99. The molecule has 1 heterocycles. The molecule has 8 heteroatoms. The van der Waals surface area contributed by atoms with Gasteiger partial charge in [-0.3, -0.25) is 10.1 Å². The Kier molecular flexibility index (Phi) is 5.80. The van der Waals surface area contributed by atoms with E-state index in [1.165, 1.54) is 12.1 Å². The topological polar surface area (TPSA) is 94.4 Å². The number of ether oxygens (including phenoxy) is 1. The Labute approximate surface area is 174 Å². The van der Waals surface area contributed by atoms with E-state index in [1.807, 2.05) is 45.0 Å². The molecule has 1 saturated carbocycles. The van der Waals surface area contributed by atoms with Crippen LogP contribution in [0.15, 0.2) is 36.4 Å². The second-order valence-corrected chi connectivity index (χ2v) is 8.68. The predicted molar refractivity (Wildman–Crippen MR) is 110 cm³/mol. The van der Waals surface area contributed by atoms with Gasteiger partial charge in [-0.05, 0) is 57.2 Å². The Morgan fingerprint density at radius 1 is 1.24 bits per heavy atom. The highest BCUT2D eigenvalue weighted by molar-refractivity contribution is 6.29. The number of benzene rings is 1. The first kappa shape index (κ1) is 21.0. The molecule has 1 aliphatic carbocycles. The summed E-state index contributed by atoms with van der Waals surface area (Å²) in [5.74, 6) is 0. The third kappa shape index (κ3) is 5.03. The highest BCUT2D eigenvalue weighted by atomic mass is 35.5.